The summed E-state index contributed by atoms with van der Waals surface area (Å²) in [7, 11) is 0. The number of hydrazone groups is 1. The van der Waals surface area contributed by atoms with Gasteiger partial charge in [-0.15, -0.1) is 15.2 Å². The summed E-state index contributed by atoms with van der Waals surface area (Å²) in [6.45, 7) is 0. The molecule has 8 heteroatoms. The van der Waals surface area contributed by atoms with Crippen molar-refractivity contribution >= 4 is 11.6 Å². The maximum atomic E-state index is 8.36. The smallest absolute Gasteiger partial charge is 0.291 e. The molecule has 82 valence electrons. The van der Waals surface area contributed by atoms with Crippen molar-refractivity contribution in [3.8, 4) is 0 Å². The Morgan fingerprint density at radius 3 is 2.27 bits per heavy atom. The summed E-state index contributed by atoms with van der Waals surface area (Å²) in [4.78, 5) is 8.36. The van der Waals surface area contributed by atoms with Crippen molar-refractivity contribution in [1.29, 1.82) is 0 Å². The number of hydrogen-bond donors (Lipinski definition) is 4. The fraction of sp³-hybridized carbons (Fsp3) is 0. The fourth-order valence-corrected chi connectivity index (χ4v) is 0.642. The van der Waals surface area contributed by atoms with Crippen LogP contribution < -0.4 is 16.9 Å². The number of rotatable bonds is 2. The summed E-state index contributed by atoms with van der Waals surface area (Å²) in [5.41, 5.74) is 13.8. The van der Waals surface area contributed by atoms with Crippen molar-refractivity contribution in [3.05, 3.63) is 40.4 Å². The Hall–Kier alpha value is -2.51. The molecule has 0 fully saturated rings. The Morgan fingerprint density at radius 2 is 1.87 bits per heavy atom. The van der Waals surface area contributed by atoms with Crippen LogP contribution in [-0.4, -0.2) is 16.3 Å². The van der Waals surface area contributed by atoms with E-state index < -0.39 is 5.09 Å². The van der Waals surface area contributed by atoms with Crippen LogP contribution in [0.25, 0.3) is 0 Å². The summed E-state index contributed by atoms with van der Waals surface area (Å²) in [6, 6.07) is 9.44. The molecule has 0 aliphatic carbocycles. The van der Waals surface area contributed by atoms with E-state index in [0.717, 1.165) is 5.69 Å². The highest BCUT2D eigenvalue weighted by molar-refractivity contribution is 5.76. The van der Waals surface area contributed by atoms with E-state index in [1.54, 1.807) is 0 Å². The molecule has 0 heterocycles. The third kappa shape index (κ3) is 9.40. The van der Waals surface area contributed by atoms with Gasteiger partial charge in [-0.2, -0.15) is 0 Å². The van der Waals surface area contributed by atoms with Crippen LogP contribution in [0.3, 0.4) is 0 Å². The lowest BCUT2D eigenvalue weighted by molar-refractivity contribution is -0.742. The van der Waals surface area contributed by atoms with Crippen molar-refractivity contribution in [2.24, 2.45) is 16.6 Å². The summed E-state index contributed by atoms with van der Waals surface area (Å²) in [6.07, 6.45) is 0. The van der Waals surface area contributed by atoms with Crippen LogP contribution in [0, 0.1) is 10.1 Å². The van der Waals surface area contributed by atoms with Crippen molar-refractivity contribution in [1.82, 2.24) is 0 Å². The first-order valence-corrected chi connectivity index (χ1v) is 3.75. The van der Waals surface area contributed by atoms with Crippen LogP contribution in [0.5, 0.6) is 0 Å². The van der Waals surface area contributed by atoms with E-state index in [0.29, 0.717) is 0 Å². The second-order valence-electron chi connectivity index (χ2n) is 2.25. The first kappa shape index (κ1) is 12.5. The number of nitrogens with zero attached hydrogens (tertiary/aromatic N) is 2. The summed E-state index contributed by atoms with van der Waals surface area (Å²) < 4.78 is 0. The van der Waals surface area contributed by atoms with Crippen LogP contribution in [0.2, 0.25) is 0 Å². The number of guanidine groups is 1. The maximum absolute atomic E-state index is 8.36. The molecule has 1 aromatic rings. The highest BCUT2D eigenvalue weighted by Crippen LogP contribution is 2.03. The maximum Gasteiger partial charge on any atom is 0.291 e. The molecule has 0 aliphatic heterocycles. The molecule has 0 aliphatic rings. The van der Waals surface area contributed by atoms with Crippen molar-refractivity contribution in [2.45, 2.75) is 0 Å². The Balaban J connectivity index is 0.000000423. The van der Waals surface area contributed by atoms with Gasteiger partial charge in [-0.3, -0.25) is 5.43 Å². The molecule has 0 bridgehead atoms. The normalized spacial score (nSPS) is 8.00. The number of para-hydroxylation sites is 1. The highest BCUT2D eigenvalue weighted by atomic mass is 16.9. The van der Waals surface area contributed by atoms with Crippen molar-refractivity contribution in [3.63, 3.8) is 0 Å². The van der Waals surface area contributed by atoms with Gasteiger partial charge in [0.25, 0.3) is 5.09 Å². The largest absolute Gasteiger partial charge is 0.369 e. The van der Waals surface area contributed by atoms with Gasteiger partial charge in [0.1, 0.15) is 0 Å². The zero-order valence-corrected chi connectivity index (χ0v) is 7.70. The Labute approximate surface area is 85.3 Å². The van der Waals surface area contributed by atoms with Crippen LogP contribution >= 0.6 is 0 Å². The fourth-order valence-electron chi connectivity index (χ4n) is 0.642. The molecule has 1 rings (SSSR count). The monoisotopic (exact) mass is 213 g/mol. The highest BCUT2D eigenvalue weighted by Gasteiger charge is 1.84. The lowest BCUT2D eigenvalue weighted by Crippen LogP contribution is -2.23. The van der Waals surface area contributed by atoms with Crippen molar-refractivity contribution in [2.75, 3.05) is 5.43 Å². The minimum Gasteiger partial charge on any atom is -0.369 e. The minimum atomic E-state index is -1.50. The molecule has 0 radical (unpaired) electrons. The average molecular weight is 213 g/mol. The lowest BCUT2D eigenvalue weighted by atomic mass is 10.3. The zero-order valence-electron chi connectivity index (χ0n) is 7.70. The van der Waals surface area contributed by atoms with Gasteiger partial charge < -0.3 is 16.7 Å². The Morgan fingerprint density at radius 1 is 1.40 bits per heavy atom. The van der Waals surface area contributed by atoms with E-state index in [9.17, 15) is 0 Å². The van der Waals surface area contributed by atoms with Gasteiger partial charge in [-0.1, -0.05) is 18.2 Å². The van der Waals surface area contributed by atoms with E-state index in [4.69, 9.17) is 26.8 Å². The molecule has 0 atom stereocenters. The van der Waals surface area contributed by atoms with Gasteiger partial charge in [0.15, 0.2) is 0 Å². The van der Waals surface area contributed by atoms with E-state index in [-0.39, 0.29) is 5.96 Å². The molecule has 0 amide bonds. The van der Waals surface area contributed by atoms with Gasteiger partial charge in [0, 0.05) is 0 Å². The molecule has 0 unspecified atom stereocenters. The number of anilines is 1. The minimum absolute atomic E-state index is 0.0221. The third-order valence-corrected chi connectivity index (χ3v) is 1.09. The topological polar surface area (TPSA) is 140 Å². The van der Waals surface area contributed by atoms with Gasteiger partial charge in [-0.05, 0) is 12.1 Å². The van der Waals surface area contributed by atoms with Gasteiger partial charge >= 0.3 is 0 Å². The van der Waals surface area contributed by atoms with Crippen LogP contribution in [0.1, 0.15) is 0 Å². The predicted octanol–water partition coefficient (Wildman–Crippen LogP) is -0.0608. The molecule has 6 N–H and O–H groups in total. The second-order valence-corrected chi connectivity index (χ2v) is 2.25. The standard InChI is InChI=1S/C7H10N4.HNO3/c8-7(9)11-10-6-4-2-1-3-5-6;2-1(3)4/h1-5,10H,(H4,8,9,11);(H,2,3,4). The molecule has 15 heavy (non-hydrogen) atoms. The zero-order chi connectivity index (χ0) is 11.7. The number of benzene rings is 1. The first-order chi connectivity index (χ1) is 7.02. The number of nitrogens with two attached hydrogens (primary N) is 2. The number of hydrogen-bond acceptors (Lipinski definition) is 4. The van der Waals surface area contributed by atoms with E-state index >= 15 is 0 Å². The summed E-state index contributed by atoms with van der Waals surface area (Å²) in [5.74, 6) is 0.0221. The predicted molar refractivity (Wildman–Crippen MR) is 54.7 cm³/mol. The summed E-state index contributed by atoms with van der Waals surface area (Å²) >= 11 is 0. The molecule has 1 aromatic carbocycles. The molecule has 0 saturated carbocycles. The van der Waals surface area contributed by atoms with Crippen LogP contribution in [-0.2, 0) is 0 Å². The van der Waals surface area contributed by atoms with Gasteiger partial charge in [0.2, 0.25) is 5.96 Å². The quantitative estimate of drug-likeness (QED) is 0.235. The number of nitrogens with one attached hydrogen (secondary N) is 1. The average Bonchev–Trinajstić information content (AvgIpc) is 2.15. The van der Waals surface area contributed by atoms with Crippen LogP contribution in [0.4, 0.5) is 5.69 Å². The van der Waals surface area contributed by atoms with E-state index in [2.05, 4.69) is 10.5 Å². The van der Waals surface area contributed by atoms with Crippen molar-refractivity contribution < 1.29 is 10.3 Å². The lowest BCUT2D eigenvalue weighted by Gasteiger charge is -1.97. The van der Waals surface area contributed by atoms with E-state index in [1.807, 2.05) is 30.3 Å². The molecular weight excluding hydrogens is 202 g/mol. The summed E-state index contributed by atoms with van der Waals surface area (Å²) in [5, 5.41) is 17.3. The van der Waals surface area contributed by atoms with E-state index in [1.165, 1.54) is 0 Å². The van der Waals surface area contributed by atoms with Gasteiger partial charge in [0.05, 0.1) is 5.69 Å². The van der Waals surface area contributed by atoms with Crippen LogP contribution in [0.15, 0.2) is 35.4 Å². The second kappa shape index (κ2) is 6.95. The third-order valence-electron chi connectivity index (χ3n) is 1.09. The molecular formula is C7H11N5O3. The Kier molecular flexibility index (Phi) is 5.79. The molecule has 0 aromatic heterocycles. The van der Waals surface area contributed by atoms with Gasteiger partial charge in [-0.25, -0.2) is 0 Å². The molecule has 0 saturated heterocycles. The first-order valence-electron chi connectivity index (χ1n) is 3.75. The SMILES string of the molecule is NC(N)=NNc1ccccc1.O=[N+]([O-])O. The molecule has 8 nitrogen and oxygen atoms in total. The molecule has 0 spiro atoms. The Bertz CT molecular complexity index is 319.